The summed E-state index contributed by atoms with van der Waals surface area (Å²) >= 11 is 4.01. The van der Waals surface area contributed by atoms with Gasteiger partial charge in [0.2, 0.25) is 0 Å². The van der Waals surface area contributed by atoms with Gasteiger partial charge >= 0.3 is 5.97 Å². The number of benzene rings is 1. The number of aromatic carboxylic acids is 1. The second-order valence-corrected chi connectivity index (χ2v) is 3.14. The molecule has 0 bridgehead atoms. The fourth-order valence-corrected chi connectivity index (χ4v) is 1.19. The molecule has 0 aromatic heterocycles. The molecule has 1 rings (SSSR count). The van der Waals surface area contributed by atoms with Crippen LogP contribution in [-0.4, -0.2) is 16.8 Å². The molecule has 0 fully saturated rings. The monoisotopic (exact) mass is 209 g/mol. The van der Waals surface area contributed by atoms with E-state index in [1.807, 2.05) is 6.08 Å². The highest BCUT2D eigenvalue weighted by molar-refractivity contribution is 7.80. The van der Waals surface area contributed by atoms with Crippen molar-refractivity contribution < 1.29 is 9.90 Å². The summed E-state index contributed by atoms with van der Waals surface area (Å²) in [7, 11) is 0. The first-order valence-electron chi connectivity index (χ1n) is 4.04. The number of hydrogen-bond acceptors (Lipinski definition) is 3. The van der Waals surface area contributed by atoms with Crippen molar-refractivity contribution in [1.29, 1.82) is 0 Å². The lowest BCUT2D eigenvalue weighted by molar-refractivity contribution is 0.0697. The molecule has 0 aliphatic heterocycles. The molecule has 3 N–H and O–H groups in total. The second kappa shape index (κ2) is 4.72. The smallest absolute Gasteiger partial charge is 0.335 e. The quantitative estimate of drug-likeness (QED) is 0.526. The molecule has 4 heteroatoms. The number of rotatable bonds is 3. The Morgan fingerprint density at radius 1 is 1.50 bits per heavy atom. The minimum absolute atomic E-state index is 0.198. The van der Waals surface area contributed by atoms with Crippen LogP contribution in [0.4, 0.5) is 5.69 Å². The maximum atomic E-state index is 10.7. The maximum absolute atomic E-state index is 10.7. The van der Waals surface area contributed by atoms with E-state index < -0.39 is 5.97 Å². The molecule has 14 heavy (non-hydrogen) atoms. The first-order valence-corrected chi connectivity index (χ1v) is 4.68. The summed E-state index contributed by atoms with van der Waals surface area (Å²) in [4.78, 5) is 10.7. The van der Waals surface area contributed by atoms with Crippen molar-refractivity contribution in [1.82, 2.24) is 0 Å². The van der Waals surface area contributed by atoms with Gasteiger partial charge in [0, 0.05) is 11.4 Å². The van der Waals surface area contributed by atoms with Crippen LogP contribution in [0.1, 0.15) is 15.9 Å². The van der Waals surface area contributed by atoms with E-state index in [4.69, 9.17) is 10.8 Å². The van der Waals surface area contributed by atoms with Gasteiger partial charge in [0.05, 0.1) is 5.56 Å². The molecule has 0 saturated carbocycles. The number of carboxylic acids is 1. The summed E-state index contributed by atoms with van der Waals surface area (Å²) in [5, 5.41) is 8.76. The Morgan fingerprint density at radius 3 is 2.79 bits per heavy atom. The highest BCUT2D eigenvalue weighted by Gasteiger charge is 2.03. The lowest BCUT2D eigenvalue weighted by Gasteiger charge is -2.00. The predicted molar refractivity (Wildman–Crippen MR) is 60.7 cm³/mol. The number of nitrogens with two attached hydrogens (primary N) is 1. The number of carbonyl (C=O) groups is 1. The van der Waals surface area contributed by atoms with Crippen molar-refractivity contribution in [3.05, 3.63) is 35.4 Å². The molecule has 0 aliphatic rings. The fraction of sp³-hybridized carbons (Fsp3) is 0.100. The molecule has 0 unspecified atom stereocenters. The Bertz CT molecular complexity index is 374. The van der Waals surface area contributed by atoms with Crippen molar-refractivity contribution in [2.45, 2.75) is 0 Å². The summed E-state index contributed by atoms with van der Waals surface area (Å²) in [5.41, 5.74) is 6.97. The molecule has 0 spiro atoms. The minimum Gasteiger partial charge on any atom is -0.478 e. The Morgan fingerprint density at radius 2 is 2.21 bits per heavy atom. The van der Waals surface area contributed by atoms with Crippen LogP contribution in [0.25, 0.3) is 6.08 Å². The molecule has 74 valence electrons. The van der Waals surface area contributed by atoms with Gasteiger partial charge in [-0.1, -0.05) is 12.2 Å². The highest BCUT2D eigenvalue weighted by atomic mass is 32.1. The first kappa shape index (κ1) is 10.7. The number of thiol groups is 1. The van der Waals surface area contributed by atoms with Crippen LogP contribution in [0.5, 0.6) is 0 Å². The number of nitrogen functional groups attached to an aromatic ring is 1. The van der Waals surface area contributed by atoms with Gasteiger partial charge in [-0.3, -0.25) is 0 Å². The van der Waals surface area contributed by atoms with Crippen LogP contribution in [0.15, 0.2) is 24.3 Å². The SMILES string of the molecule is Nc1cc(C=CCS)cc(C(=O)O)c1. The van der Waals surface area contributed by atoms with Gasteiger partial charge in [-0.15, -0.1) is 0 Å². The average Bonchev–Trinajstić information content (AvgIpc) is 2.14. The van der Waals surface area contributed by atoms with Gasteiger partial charge in [-0.25, -0.2) is 4.79 Å². The van der Waals surface area contributed by atoms with Crippen molar-refractivity contribution in [2.75, 3.05) is 11.5 Å². The van der Waals surface area contributed by atoms with Crippen LogP contribution >= 0.6 is 12.6 Å². The van der Waals surface area contributed by atoms with Crippen LogP contribution in [0.3, 0.4) is 0 Å². The molecule has 3 nitrogen and oxygen atoms in total. The van der Waals surface area contributed by atoms with Crippen LogP contribution < -0.4 is 5.73 Å². The third-order valence-corrected chi connectivity index (χ3v) is 1.85. The summed E-state index contributed by atoms with van der Waals surface area (Å²) in [6.07, 6.45) is 3.61. The van der Waals surface area contributed by atoms with E-state index in [9.17, 15) is 4.79 Å². The van der Waals surface area contributed by atoms with Gasteiger partial charge in [-0.05, 0) is 23.8 Å². The van der Waals surface area contributed by atoms with E-state index in [0.29, 0.717) is 11.4 Å². The lowest BCUT2D eigenvalue weighted by atomic mass is 10.1. The standard InChI is InChI=1S/C10H11NO2S/c11-9-5-7(2-1-3-14)4-8(6-9)10(12)13/h1-2,4-6,14H,3,11H2,(H,12,13). The van der Waals surface area contributed by atoms with E-state index in [2.05, 4.69) is 12.6 Å². The third-order valence-electron chi connectivity index (χ3n) is 1.64. The van der Waals surface area contributed by atoms with Crippen LogP contribution in [0.2, 0.25) is 0 Å². The molecular formula is C10H11NO2S. The summed E-state index contributed by atoms with van der Waals surface area (Å²) in [6, 6.07) is 4.71. The zero-order chi connectivity index (χ0) is 10.6. The zero-order valence-electron chi connectivity index (χ0n) is 7.47. The van der Waals surface area contributed by atoms with E-state index >= 15 is 0 Å². The van der Waals surface area contributed by atoms with Crippen LogP contribution in [-0.2, 0) is 0 Å². The Balaban J connectivity index is 3.07. The summed E-state index contributed by atoms with van der Waals surface area (Å²) < 4.78 is 0. The van der Waals surface area contributed by atoms with Gasteiger partial charge in [0.15, 0.2) is 0 Å². The molecule has 0 heterocycles. The number of carboxylic acid groups (broad SMARTS) is 1. The van der Waals surface area contributed by atoms with Gasteiger partial charge in [0.1, 0.15) is 0 Å². The highest BCUT2D eigenvalue weighted by Crippen LogP contribution is 2.13. The van der Waals surface area contributed by atoms with Crippen molar-refractivity contribution in [3.8, 4) is 0 Å². The van der Waals surface area contributed by atoms with Crippen molar-refractivity contribution in [2.24, 2.45) is 0 Å². The molecule has 0 amide bonds. The zero-order valence-corrected chi connectivity index (χ0v) is 8.37. The molecule has 0 atom stereocenters. The van der Waals surface area contributed by atoms with Gasteiger partial charge in [0.25, 0.3) is 0 Å². The Kier molecular flexibility index (Phi) is 3.59. The molecule has 0 radical (unpaired) electrons. The Labute approximate surface area is 87.7 Å². The minimum atomic E-state index is -0.974. The molecular weight excluding hydrogens is 198 g/mol. The average molecular weight is 209 g/mol. The van der Waals surface area contributed by atoms with E-state index in [1.54, 1.807) is 18.2 Å². The van der Waals surface area contributed by atoms with Crippen molar-refractivity contribution >= 4 is 30.4 Å². The maximum Gasteiger partial charge on any atom is 0.335 e. The van der Waals surface area contributed by atoms with E-state index in [-0.39, 0.29) is 5.56 Å². The summed E-state index contributed by atoms with van der Waals surface area (Å²) in [6.45, 7) is 0. The third kappa shape index (κ3) is 2.81. The van der Waals surface area contributed by atoms with Crippen molar-refractivity contribution in [3.63, 3.8) is 0 Å². The normalized spacial score (nSPS) is 10.6. The second-order valence-electron chi connectivity index (χ2n) is 2.78. The largest absolute Gasteiger partial charge is 0.478 e. The van der Waals surface area contributed by atoms with Gasteiger partial charge in [-0.2, -0.15) is 12.6 Å². The van der Waals surface area contributed by atoms with E-state index in [1.165, 1.54) is 6.07 Å². The molecule has 1 aromatic carbocycles. The van der Waals surface area contributed by atoms with Crippen LogP contribution in [0, 0.1) is 0 Å². The topological polar surface area (TPSA) is 63.3 Å². The van der Waals surface area contributed by atoms with Gasteiger partial charge < -0.3 is 10.8 Å². The Hall–Kier alpha value is -1.42. The van der Waals surface area contributed by atoms with E-state index in [0.717, 1.165) is 5.56 Å². The fourth-order valence-electron chi connectivity index (χ4n) is 1.09. The molecule has 1 aromatic rings. The molecule has 0 aliphatic carbocycles. The predicted octanol–water partition coefficient (Wildman–Crippen LogP) is 1.91. The number of hydrogen-bond donors (Lipinski definition) is 3. The number of anilines is 1. The lowest BCUT2D eigenvalue weighted by Crippen LogP contribution is -1.98. The first-order chi connectivity index (χ1) is 6.63. The molecule has 0 saturated heterocycles. The summed E-state index contributed by atoms with van der Waals surface area (Å²) in [5.74, 6) is -0.366.